The van der Waals surface area contributed by atoms with E-state index in [2.05, 4.69) is 16.8 Å². The fourth-order valence-electron chi connectivity index (χ4n) is 2.07. The Morgan fingerprint density at radius 3 is 2.65 bits per heavy atom. The molecule has 17 heavy (non-hydrogen) atoms. The van der Waals surface area contributed by atoms with Crippen LogP contribution in [-0.2, 0) is 6.54 Å². The number of likely N-dealkylation sites (N-methyl/N-ethyl adjacent to an activating group) is 1. The van der Waals surface area contributed by atoms with Crippen LogP contribution in [0.3, 0.4) is 0 Å². The van der Waals surface area contributed by atoms with Crippen molar-refractivity contribution in [2.75, 3.05) is 33.2 Å². The molecule has 0 bridgehead atoms. The zero-order chi connectivity index (χ0) is 12.3. The van der Waals surface area contributed by atoms with E-state index in [1.807, 2.05) is 12.1 Å². The summed E-state index contributed by atoms with van der Waals surface area (Å²) in [4.78, 5) is 15.5. The molecule has 0 unspecified atom stereocenters. The summed E-state index contributed by atoms with van der Waals surface area (Å²) in [5.74, 6) is -0.856. The van der Waals surface area contributed by atoms with Crippen molar-refractivity contribution in [2.45, 2.75) is 6.54 Å². The van der Waals surface area contributed by atoms with E-state index in [0.29, 0.717) is 5.56 Å². The normalized spacial score (nSPS) is 18.2. The van der Waals surface area contributed by atoms with Crippen LogP contribution in [0.2, 0.25) is 0 Å². The maximum Gasteiger partial charge on any atom is 0.335 e. The van der Waals surface area contributed by atoms with Gasteiger partial charge in [0.2, 0.25) is 0 Å². The number of carbonyl (C=O) groups is 1. The number of piperazine rings is 1. The molecule has 0 aromatic heterocycles. The Bertz CT molecular complexity index is 398. The summed E-state index contributed by atoms with van der Waals surface area (Å²) >= 11 is 0. The minimum atomic E-state index is -0.856. The first-order chi connectivity index (χ1) is 8.15. The summed E-state index contributed by atoms with van der Waals surface area (Å²) in [6.45, 7) is 5.10. The molecule has 4 nitrogen and oxygen atoms in total. The predicted octanol–water partition coefficient (Wildman–Crippen LogP) is 1.13. The highest BCUT2D eigenvalue weighted by molar-refractivity contribution is 5.87. The van der Waals surface area contributed by atoms with Gasteiger partial charge in [0.15, 0.2) is 0 Å². The number of carboxylic acids is 1. The zero-order valence-electron chi connectivity index (χ0n) is 10.1. The summed E-state index contributed by atoms with van der Waals surface area (Å²) in [5.41, 5.74) is 1.45. The number of nitrogens with zero attached hydrogens (tertiary/aromatic N) is 2. The molecule has 1 aromatic carbocycles. The van der Waals surface area contributed by atoms with Gasteiger partial charge in [-0.2, -0.15) is 0 Å². The van der Waals surface area contributed by atoms with E-state index in [-0.39, 0.29) is 0 Å². The highest BCUT2D eigenvalue weighted by Gasteiger charge is 2.14. The molecule has 92 valence electrons. The molecule has 1 aliphatic rings. The fraction of sp³-hybridized carbons (Fsp3) is 0.462. The molecule has 2 rings (SSSR count). The van der Waals surface area contributed by atoms with Crippen LogP contribution < -0.4 is 0 Å². The molecular formula is C13H18N2O2. The van der Waals surface area contributed by atoms with Gasteiger partial charge < -0.3 is 10.0 Å². The molecule has 4 heteroatoms. The Morgan fingerprint density at radius 1 is 1.29 bits per heavy atom. The number of carboxylic acid groups (broad SMARTS) is 1. The van der Waals surface area contributed by atoms with Crippen molar-refractivity contribution in [2.24, 2.45) is 0 Å². The van der Waals surface area contributed by atoms with Crippen LogP contribution in [0.5, 0.6) is 0 Å². The maximum absolute atomic E-state index is 10.9. The van der Waals surface area contributed by atoms with Crippen molar-refractivity contribution >= 4 is 5.97 Å². The van der Waals surface area contributed by atoms with Crippen LogP contribution in [-0.4, -0.2) is 54.1 Å². The monoisotopic (exact) mass is 234 g/mol. The van der Waals surface area contributed by atoms with Gasteiger partial charge in [-0.25, -0.2) is 4.79 Å². The average molecular weight is 234 g/mol. The summed E-state index contributed by atoms with van der Waals surface area (Å²) in [6.07, 6.45) is 0. The zero-order valence-corrected chi connectivity index (χ0v) is 10.1. The van der Waals surface area contributed by atoms with Crippen LogP contribution in [0.25, 0.3) is 0 Å². The summed E-state index contributed by atoms with van der Waals surface area (Å²) < 4.78 is 0. The van der Waals surface area contributed by atoms with Gasteiger partial charge in [-0.05, 0) is 24.7 Å². The Kier molecular flexibility index (Phi) is 3.76. The van der Waals surface area contributed by atoms with Crippen molar-refractivity contribution in [3.8, 4) is 0 Å². The molecule has 0 saturated carbocycles. The van der Waals surface area contributed by atoms with Gasteiger partial charge in [0.25, 0.3) is 0 Å². The van der Waals surface area contributed by atoms with Crippen LogP contribution >= 0.6 is 0 Å². The first-order valence-electron chi connectivity index (χ1n) is 5.88. The van der Waals surface area contributed by atoms with E-state index in [1.54, 1.807) is 12.1 Å². The molecular weight excluding hydrogens is 216 g/mol. The molecule has 1 aliphatic heterocycles. The molecule has 0 spiro atoms. The van der Waals surface area contributed by atoms with Gasteiger partial charge in [-0.1, -0.05) is 12.1 Å². The Hall–Kier alpha value is -1.39. The SMILES string of the molecule is CN1CCN(Cc2cccc(C(=O)O)c2)CC1. The molecule has 0 atom stereocenters. The van der Waals surface area contributed by atoms with Crippen LogP contribution in [0.1, 0.15) is 15.9 Å². The maximum atomic E-state index is 10.9. The molecule has 1 fully saturated rings. The number of hydrogen-bond acceptors (Lipinski definition) is 3. The number of rotatable bonds is 3. The lowest BCUT2D eigenvalue weighted by atomic mass is 10.1. The number of benzene rings is 1. The van der Waals surface area contributed by atoms with Gasteiger partial charge in [0.1, 0.15) is 0 Å². The van der Waals surface area contributed by atoms with Gasteiger partial charge in [-0.15, -0.1) is 0 Å². The van der Waals surface area contributed by atoms with E-state index in [9.17, 15) is 4.79 Å². The molecule has 1 N–H and O–H groups in total. The second-order valence-corrected chi connectivity index (χ2v) is 4.58. The van der Waals surface area contributed by atoms with Crippen LogP contribution in [0, 0.1) is 0 Å². The predicted molar refractivity (Wildman–Crippen MR) is 66.2 cm³/mol. The standard InChI is InChI=1S/C13H18N2O2/c1-14-5-7-15(8-6-14)10-11-3-2-4-12(9-11)13(16)17/h2-4,9H,5-8,10H2,1H3,(H,16,17). The summed E-state index contributed by atoms with van der Waals surface area (Å²) in [7, 11) is 2.13. The first kappa shape index (κ1) is 12.1. The van der Waals surface area contributed by atoms with Crippen molar-refractivity contribution in [1.82, 2.24) is 9.80 Å². The van der Waals surface area contributed by atoms with Gasteiger partial charge >= 0.3 is 5.97 Å². The van der Waals surface area contributed by atoms with Crippen molar-refractivity contribution in [1.29, 1.82) is 0 Å². The largest absolute Gasteiger partial charge is 0.478 e. The lowest BCUT2D eigenvalue weighted by Gasteiger charge is -2.32. The fourth-order valence-corrected chi connectivity index (χ4v) is 2.07. The van der Waals surface area contributed by atoms with E-state index in [1.165, 1.54) is 0 Å². The topological polar surface area (TPSA) is 43.8 Å². The molecule has 0 amide bonds. The average Bonchev–Trinajstić information content (AvgIpc) is 2.32. The lowest BCUT2D eigenvalue weighted by Crippen LogP contribution is -2.43. The van der Waals surface area contributed by atoms with Crippen LogP contribution in [0.15, 0.2) is 24.3 Å². The first-order valence-corrected chi connectivity index (χ1v) is 5.88. The summed E-state index contributed by atoms with van der Waals surface area (Å²) in [5, 5.41) is 8.93. The van der Waals surface area contributed by atoms with Gasteiger partial charge in [0.05, 0.1) is 5.56 Å². The second kappa shape index (κ2) is 5.29. The quantitative estimate of drug-likeness (QED) is 0.851. The second-order valence-electron chi connectivity index (χ2n) is 4.58. The molecule has 1 heterocycles. The van der Waals surface area contributed by atoms with Gasteiger partial charge in [0, 0.05) is 32.7 Å². The number of hydrogen-bond donors (Lipinski definition) is 1. The number of aromatic carboxylic acids is 1. The third-order valence-corrected chi connectivity index (χ3v) is 3.18. The summed E-state index contributed by atoms with van der Waals surface area (Å²) in [6, 6.07) is 7.20. The van der Waals surface area contributed by atoms with Crippen molar-refractivity contribution < 1.29 is 9.90 Å². The Labute approximate surface area is 101 Å². The smallest absolute Gasteiger partial charge is 0.335 e. The highest BCUT2D eigenvalue weighted by Crippen LogP contribution is 2.10. The molecule has 0 aliphatic carbocycles. The van der Waals surface area contributed by atoms with E-state index < -0.39 is 5.97 Å². The Morgan fingerprint density at radius 2 is 2.00 bits per heavy atom. The van der Waals surface area contributed by atoms with Crippen LogP contribution in [0.4, 0.5) is 0 Å². The molecule has 0 radical (unpaired) electrons. The Balaban J connectivity index is 1.98. The van der Waals surface area contributed by atoms with E-state index in [4.69, 9.17) is 5.11 Å². The van der Waals surface area contributed by atoms with E-state index in [0.717, 1.165) is 38.3 Å². The molecule has 1 saturated heterocycles. The van der Waals surface area contributed by atoms with Gasteiger partial charge in [-0.3, -0.25) is 4.90 Å². The minimum Gasteiger partial charge on any atom is -0.478 e. The highest BCUT2D eigenvalue weighted by atomic mass is 16.4. The lowest BCUT2D eigenvalue weighted by molar-refractivity contribution is 0.0696. The molecule has 1 aromatic rings. The van der Waals surface area contributed by atoms with Crippen molar-refractivity contribution in [3.05, 3.63) is 35.4 Å². The third-order valence-electron chi connectivity index (χ3n) is 3.18. The van der Waals surface area contributed by atoms with Crippen molar-refractivity contribution in [3.63, 3.8) is 0 Å². The minimum absolute atomic E-state index is 0.372. The van der Waals surface area contributed by atoms with E-state index >= 15 is 0 Å². The third kappa shape index (κ3) is 3.28.